The summed E-state index contributed by atoms with van der Waals surface area (Å²) in [7, 11) is 0. The minimum Gasteiger partial charge on any atom is -0.237 e. The molecule has 0 aliphatic rings. The van der Waals surface area contributed by atoms with Crippen molar-refractivity contribution in [1.29, 1.82) is 0 Å². The van der Waals surface area contributed by atoms with Crippen molar-refractivity contribution in [1.82, 2.24) is 4.98 Å². The fraction of sp³-hybridized carbons (Fsp3) is 0.100. The highest BCUT2D eigenvalue weighted by atomic mass is 35.6. The number of halogens is 3. The Hall–Kier alpha value is -0.280. The zero-order chi connectivity index (χ0) is 10.9. The average molecular weight is 279 g/mol. The molecule has 0 saturated carbocycles. The number of thiazole rings is 1. The van der Waals surface area contributed by atoms with Crippen LogP contribution >= 0.6 is 46.1 Å². The van der Waals surface area contributed by atoms with Crippen LogP contribution in [-0.2, 0) is 3.79 Å². The Bertz CT molecular complexity index is 447. The Kier molecular flexibility index (Phi) is 3.21. The maximum absolute atomic E-state index is 5.73. The van der Waals surface area contributed by atoms with Crippen LogP contribution in [0.25, 0.3) is 10.6 Å². The van der Waals surface area contributed by atoms with E-state index in [0.717, 1.165) is 10.6 Å². The first-order valence-corrected chi connectivity index (χ1v) is 6.17. The molecular formula is C10H6Cl3NS. The molecule has 0 atom stereocenters. The maximum atomic E-state index is 5.73. The van der Waals surface area contributed by atoms with E-state index < -0.39 is 3.79 Å². The molecule has 0 N–H and O–H groups in total. The first-order valence-electron chi connectivity index (χ1n) is 4.15. The summed E-state index contributed by atoms with van der Waals surface area (Å²) in [5, 5.41) is 2.62. The Balaban J connectivity index is 2.37. The number of nitrogens with zero attached hydrogens (tertiary/aromatic N) is 1. The fourth-order valence-corrected chi connectivity index (χ4v) is 2.48. The van der Waals surface area contributed by atoms with E-state index >= 15 is 0 Å². The molecule has 0 unspecified atom stereocenters. The highest BCUT2D eigenvalue weighted by Crippen LogP contribution is 2.39. The van der Waals surface area contributed by atoms with Crippen LogP contribution in [0.2, 0.25) is 0 Å². The van der Waals surface area contributed by atoms with Gasteiger partial charge in [-0.1, -0.05) is 65.1 Å². The van der Waals surface area contributed by atoms with Gasteiger partial charge in [0.2, 0.25) is 3.79 Å². The van der Waals surface area contributed by atoms with Crippen LogP contribution in [0.4, 0.5) is 0 Å². The predicted molar refractivity (Wildman–Crippen MR) is 66.8 cm³/mol. The van der Waals surface area contributed by atoms with Gasteiger partial charge in [0.05, 0.1) is 0 Å². The molecule has 2 aromatic rings. The van der Waals surface area contributed by atoms with Crippen molar-refractivity contribution in [3.05, 3.63) is 41.4 Å². The summed E-state index contributed by atoms with van der Waals surface area (Å²) in [6.45, 7) is 0. The van der Waals surface area contributed by atoms with Gasteiger partial charge in [0.25, 0.3) is 0 Å². The molecule has 1 nitrogen and oxygen atoms in total. The average Bonchev–Trinajstić information content (AvgIpc) is 2.67. The highest BCUT2D eigenvalue weighted by molar-refractivity contribution is 7.13. The lowest BCUT2D eigenvalue weighted by Gasteiger charge is -2.05. The lowest BCUT2D eigenvalue weighted by Crippen LogP contribution is -1.99. The normalized spacial score (nSPS) is 11.7. The van der Waals surface area contributed by atoms with Gasteiger partial charge in [0, 0.05) is 10.9 Å². The summed E-state index contributed by atoms with van der Waals surface area (Å²) in [6, 6.07) is 9.80. The van der Waals surface area contributed by atoms with Crippen molar-refractivity contribution >= 4 is 46.1 Å². The molecule has 0 spiro atoms. The molecule has 0 fully saturated rings. The van der Waals surface area contributed by atoms with Gasteiger partial charge >= 0.3 is 0 Å². The highest BCUT2D eigenvalue weighted by Gasteiger charge is 2.26. The van der Waals surface area contributed by atoms with Crippen molar-refractivity contribution in [2.24, 2.45) is 0 Å². The minimum atomic E-state index is -1.44. The number of rotatable bonds is 1. The van der Waals surface area contributed by atoms with E-state index in [1.807, 2.05) is 30.3 Å². The molecule has 15 heavy (non-hydrogen) atoms. The van der Waals surface area contributed by atoms with Crippen molar-refractivity contribution in [2.75, 3.05) is 0 Å². The summed E-state index contributed by atoms with van der Waals surface area (Å²) >= 11 is 18.7. The van der Waals surface area contributed by atoms with Gasteiger partial charge in [-0.3, -0.25) is 0 Å². The fourth-order valence-electron chi connectivity index (χ4n) is 1.12. The second-order valence-electron chi connectivity index (χ2n) is 2.90. The van der Waals surface area contributed by atoms with E-state index in [1.54, 1.807) is 5.38 Å². The van der Waals surface area contributed by atoms with Gasteiger partial charge in [0.15, 0.2) is 0 Å². The van der Waals surface area contributed by atoms with Gasteiger partial charge in [0.1, 0.15) is 10.7 Å². The van der Waals surface area contributed by atoms with Crippen molar-refractivity contribution in [3.63, 3.8) is 0 Å². The number of hydrogen-bond acceptors (Lipinski definition) is 2. The first kappa shape index (κ1) is 11.2. The minimum absolute atomic E-state index is 0.469. The van der Waals surface area contributed by atoms with E-state index in [9.17, 15) is 0 Å². The number of aromatic nitrogens is 1. The van der Waals surface area contributed by atoms with Crippen LogP contribution in [0.3, 0.4) is 0 Å². The Morgan fingerprint density at radius 3 is 2.27 bits per heavy atom. The van der Waals surface area contributed by atoms with E-state index in [-0.39, 0.29) is 0 Å². The molecular weight excluding hydrogens is 273 g/mol. The van der Waals surface area contributed by atoms with Crippen LogP contribution in [-0.4, -0.2) is 4.98 Å². The van der Waals surface area contributed by atoms with Gasteiger partial charge in [-0.15, -0.1) is 11.3 Å². The summed E-state index contributed by atoms with van der Waals surface area (Å²) in [5.74, 6) is 0. The summed E-state index contributed by atoms with van der Waals surface area (Å²) in [4.78, 5) is 4.27. The Labute approximate surface area is 107 Å². The standard InChI is InChI=1S/C10H6Cl3NS/c11-10(12,13)8-6-15-9(14-8)7-4-2-1-3-5-7/h1-6H. The lowest BCUT2D eigenvalue weighted by atomic mass is 10.2. The zero-order valence-electron chi connectivity index (χ0n) is 7.45. The van der Waals surface area contributed by atoms with Crippen LogP contribution in [0.15, 0.2) is 35.7 Å². The van der Waals surface area contributed by atoms with Gasteiger partial charge in [-0.2, -0.15) is 0 Å². The van der Waals surface area contributed by atoms with E-state index in [0.29, 0.717) is 5.69 Å². The molecule has 1 heterocycles. The van der Waals surface area contributed by atoms with Crippen molar-refractivity contribution < 1.29 is 0 Å². The topological polar surface area (TPSA) is 12.9 Å². The maximum Gasteiger partial charge on any atom is 0.233 e. The molecule has 0 radical (unpaired) electrons. The Morgan fingerprint density at radius 1 is 1.07 bits per heavy atom. The van der Waals surface area contributed by atoms with E-state index in [2.05, 4.69) is 4.98 Å². The smallest absolute Gasteiger partial charge is 0.233 e. The van der Waals surface area contributed by atoms with E-state index in [1.165, 1.54) is 11.3 Å². The lowest BCUT2D eigenvalue weighted by molar-refractivity contribution is 1.13. The number of hydrogen-bond donors (Lipinski definition) is 0. The van der Waals surface area contributed by atoms with Crippen molar-refractivity contribution in [3.8, 4) is 10.6 Å². The SMILES string of the molecule is ClC(Cl)(Cl)c1csc(-c2ccccc2)n1. The molecule has 1 aromatic carbocycles. The molecule has 0 bridgehead atoms. The third-order valence-corrected chi connectivity index (χ3v) is 3.29. The monoisotopic (exact) mass is 277 g/mol. The molecule has 0 aliphatic carbocycles. The van der Waals surface area contributed by atoms with Crippen LogP contribution in [0, 0.1) is 0 Å². The molecule has 0 aliphatic heterocycles. The van der Waals surface area contributed by atoms with Gasteiger partial charge in [-0.25, -0.2) is 4.98 Å². The molecule has 1 aromatic heterocycles. The summed E-state index contributed by atoms with van der Waals surface area (Å²) in [6.07, 6.45) is 0. The molecule has 0 saturated heterocycles. The largest absolute Gasteiger partial charge is 0.237 e. The summed E-state index contributed by atoms with van der Waals surface area (Å²) in [5.41, 5.74) is 1.50. The second kappa shape index (κ2) is 4.30. The summed E-state index contributed by atoms with van der Waals surface area (Å²) < 4.78 is -1.44. The zero-order valence-corrected chi connectivity index (χ0v) is 10.5. The van der Waals surface area contributed by atoms with Crippen molar-refractivity contribution in [2.45, 2.75) is 3.79 Å². The quantitative estimate of drug-likeness (QED) is 0.693. The van der Waals surface area contributed by atoms with Crippen LogP contribution in [0.1, 0.15) is 5.69 Å². The Morgan fingerprint density at radius 2 is 1.73 bits per heavy atom. The third kappa shape index (κ3) is 2.64. The molecule has 2 rings (SSSR count). The second-order valence-corrected chi connectivity index (χ2v) is 6.04. The van der Waals surface area contributed by atoms with E-state index in [4.69, 9.17) is 34.8 Å². The molecule has 0 amide bonds. The number of alkyl halides is 3. The van der Waals surface area contributed by atoms with Gasteiger partial charge < -0.3 is 0 Å². The van der Waals surface area contributed by atoms with Crippen LogP contribution < -0.4 is 0 Å². The van der Waals surface area contributed by atoms with Crippen LogP contribution in [0.5, 0.6) is 0 Å². The van der Waals surface area contributed by atoms with Gasteiger partial charge in [-0.05, 0) is 0 Å². The molecule has 78 valence electrons. The number of benzene rings is 1. The molecule has 5 heteroatoms. The predicted octanol–water partition coefficient (Wildman–Crippen LogP) is 4.64. The third-order valence-electron chi connectivity index (χ3n) is 1.82. The first-order chi connectivity index (χ1) is 7.07.